The van der Waals surface area contributed by atoms with Crippen molar-refractivity contribution in [2.45, 2.75) is 39.5 Å². The maximum atomic E-state index is 6.43. The molecule has 0 saturated heterocycles. The summed E-state index contributed by atoms with van der Waals surface area (Å²) in [6.45, 7) is 4.00. The van der Waals surface area contributed by atoms with Gasteiger partial charge in [-0.15, -0.1) is 0 Å². The Bertz CT molecular complexity index is 639. The number of benzene rings is 1. The van der Waals surface area contributed by atoms with Gasteiger partial charge >= 0.3 is 0 Å². The topological polar surface area (TPSA) is 28.7 Å². The van der Waals surface area contributed by atoms with Crippen molar-refractivity contribution in [1.29, 1.82) is 0 Å². The summed E-state index contributed by atoms with van der Waals surface area (Å²) in [6.07, 6.45) is 6.64. The summed E-state index contributed by atoms with van der Waals surface area (Å²) in [6, 6.07) is 4.33. The minimum Gasteiger partial charge on any atom is -0.278 e. The van der Waals surface area contributed by atoms with Crippen LogP contribution < -0.4 is 0 Å². The highest BCUT2D eigenvalue weighted by Crippen LogP contribution is 2.48. The Balaban J connectivity index is 0.000000528. The number of allylic oxidation sites excluding steroid dienone is 2. The van der Waals surface area contributed by atoms with Crippen LogP contribution >= 0.6 is 11.6 Å². The van der Waals surface area contributed by atoms with Crippen molar-refractivity contribution < 1.29 is 0 Å². The lowest BCUT2D eigenvalue weighted by Gasteiger charge is -2.19. The van der Waals surface area contributed by atoms with Gasteiger partial charge in [0.1, 0.15) is 0 Å². The average molecular weight is 275 g/mol. The average Bonchev–Trinajstić information content (AvgIpc) is 3.04. The normalized spacial score (nSPS) is 20.9. The zero-order valence-electron chi connectivity index (χ0n) is 11.5. The highest BCUT2D eigenvalue weighted by atomic mass is 35.5. The maximum Gasteiger partial charge on any atom is 0.0653 e. The number of nitrogens with one attached hydrogen (secondary N) is 1. The van der Waals surface area contributed by atoms with Crippen LogP contribution in [0.1, 0.15) is 44.2 Å². The molecule has 4 rings (SSSR count). The second-order valence-corrected chi connectivity index (χ2v) is 5.49. The predicted octanol–water partition coefficient (Wildman–Crippen LogP) is 4.90. The number of nitrogens with zero attached hydrogens (tertiary/aromatic N) is 1. The number of hydrogen-bond acceptors (Lipinski definition) is 1. The van der Waals surface area contributed by atoms with Crippen molar-refractivity contribution in [2.75, 3.05) is 0 Å². The highest BCUT2D eigenvalue weighted by molar-refractivity contribution is 6.33. The first kappa shape index (κ1) is 12.7. The molecule has 2 aliphatic rings. The minimum atomic E-state index is 0.645. The fourth-order valence-corrected chi connectivity index (χ4v) is 3.76. The van der Waals surface area contributed by atoms with Crippen LogP contribution in [0, 0.1) is 5.92 Å². The number of halogens is 1. The predicted molar refractivity (Wildman–Crippen MR) is 81.3 cm³/mol. The van der Waals surface area contributed by atoms with Gasteiger partial charge in [0.2, 0.25) is 0 Å². The molecule has 0 spiro atoms. The Labute approximate surface area is 118 Å². The van der Waals surface area contributed by atoms with Gasteiger partial charge < -0.3 is 0 Å². The van der Waals surface area contributed by atoms with Gasteiger partial charge in [-0.05, 0) is 54.4 Å². The number of aromatic nitrogens is 2. The van der Waals surface area contributed by atoms with Crippen LogP contribution in [0.15, 0.2) is 23.4 Å². The lowest BCUT2D eigenvalue weighted by Crippen LogP contribution is -2.05. The van der Waals surface area contributed by atoms with Gasteiger partial charge in [-0.1, -0.05) is 31.5 Å². The Hall–Kier alpha value is -1.28. The molecule has 0 amide bonds. The minimum absolute atomic E-state index is 0.645. The van der Waals surface area contributed by atoms with E-state index >= 15 is 0 Å². The molecule has 1 heterocycles. The van der Waals surface area contributed by atoms with Gasteiger partial charge in [0.15, 0.2) is 0 Å². The SMILES string of the molecule is CC.ClC1=C2c3ccc4[nH]ncc4c3CC2CCC1. The molecule has 0 bridgehead atoms. The molecule has 3 heteroatoms. The van der Waals surface area contributed by atoms with Gasteiger partial charge in [0.05, 0.1) is 11.7 Å². The Morgan fingerprint density at radius 3 is 3.00 bits per heavy atom. The number of H-pyrrole nitrogens is 1. The van der Waals surface area contributed by atoms with E-state index in [0.717, 1.165) is 23.4 Å². The van der Waals surface area contributed by atoms with Gasteiger partial charge in [0, 0.05) is 10.4 Å². The van der Waals surface area contributed by atoms with Crippen LogP contribution in [0.4, 0.5) is 0 Å². The fraction of sp³-hybridized carbons (Fsp3) is 0.438. The first-order chi connectivity index (χ1) is 9.34. The lowest BCUT2D eigenvalue weighted by atomic mass is 9.88. The molecule has 1 atom stereocenters. The van der Waals surface area contributed by atoms with Crippen LogP contribution in [0.5, 0.6) is 0 Å². The molecule has 1 aromatic heterocycles. The molecule has 1 N–H and O–H groups in total. The first-order valence-corrected chi connectivity index (χ1v) is 7.56. The van der Waals surface area contributed by atoms with E-state index in [9.17, 15) is 0 Å². The maximum absolute atomic E-state index is 6.43. The molecule has 0 aliphatic heterocycles. The van der Waals surface area contributed by atoms with Crippen molar-refractivity contribution in [1.82, 2.24) is 10.2 Å². The van der Waals surface area contributed by atoms with E-state index in [4.69, 9.17) is 11.6 Å². The van der Waals surface area contributed by atoms with Crippen LogP contribution in [-0.4, -0.2) is 10.2 Å². The molecule has 0 saturated carbocycles. The van der Waals surface area contributed by atoms with Crippen molar-refractivity contribution in [3.63, 3.8) is 0 Å². The van der Waals surface area contributed by atoms with Crippen LogP contribution in [0.3, 0.4) is 0 Å². The first-order valence-electron chi connectivity index (χ1n) is 7.18. The standard InChI is InChI=1S/C14H13ClN2.C2H6/c15-12-3-1-2-8-6-10-9(14(8)12)4-5-13-11(10)7-16-17-13;1-2/h4-5,7-8H,1-3,6H2,(H,16,17);1-2H3. The van der Waals surface area contributed by atoms with E-state index in [0.29, 0.717) is 5.92 Å². The molecular formula is C16H19ClN2. The largest absolute Gasteiger partial charge is 0.278 e. The van der Waals surface area contributed by atoms with E-state index in [1.807, 2.05) is 20.0 Å². The number of rotatable bonds is 0. The van der Waals surface area contributed by atoms with Gasteiger partial charge in [-0.2, -0.15) is 5.10 Å². The lowest BCUT2D eigenvalue weighted by molar-refractivity contribution is 0.570. The fourth-order valence-electron chi connectivity index (χ4n) is 3.37. The number of fused-ring (bicyclic) bond motifs is 5. The number of hydrogen-bond donors (Lipinski definition) is 1. The Morgan fingerprint density at radius 2 is 2.16 bits per heavy atom. The summed E-state index contributed by atoms with van der Waals surface area (Å²) in [5.41, 5.74) is 5.36. The Kier molecular flexibility index (Phi) is 3.36. The molecule has 2 aromatic rings. The second kappa shape index (κ2) is 5.01. The highest BCUT2D eigenvalue weighted by Gasteiger charge is 2.32. The van der Waals surface area contributed by atoms with Crippen LogP contribution in [-0.2, 0) is 6.42 Å². The third-order valence-corrected chi connectivity index (χ3v) is 4.52. The number of aromatic amines is 1. The summed E-state index contributed by atoms with van der Waals surface area (Å²) in [4.78, 5) is 0. The van der Waals surface area contributed by atoms with Gasteiger partial charge in [0.25, 0.3) is 0 Å². The van der Waals surface area contributed by atoms with E-state index in [2.05, 4.69) is 22.3 Å². The molecule has 19 heavy (non-hydrogen) atoms. The molecule has 0 fully saturated rings. The van der Waals surface area contributed by atoms with Crippen LogP contribution in [0.25, 0.3) is 16.5 Å². The van der Waals surface area contributed by atoms with E-state index in [1.54, 1.807) is 0 Å². The quantitative estimate of drug-likeness (QED) is 0.728. The summed E-state index contributed by atoms with van der Waals surface area (Å²) < 4.78 is 0. The van der Waals surface area contributed by atoms with Crippen molar-refractivity contribution >= 4 is 28.1 Å². The molecular weight excluding hydrogens is 256 g/mol. The molecule has 100 valence electrons. The summed E-state index contributed by atoms with van der Waals surface area (Å²) in [7, 11) is 0. The molecule has 2 nitrogen and oxygen atoms in total. The summed E-state index contributed by atoms with van der Waals surface area (Å²) in [5.74, 6) is 0.645. The van der Waals surface area contributed by atoms with Gasteiger partial charge in [-0.3, -0.25) is 5.10 Å². The molecule has 0 radical (unpaired) electrons. The Morgan fingerprint density at radius 1 is 1.32 bits per heavy atom. The zero-order chi connectivity index (χ0) is 13.4. The monoisotopic (exact) mass is 274 g/mol. The smallest absolute Gasteiger partial charge is 0.0653 e. The molecule has 2 aliphatic carbocycles. The zero-order valence-corrected chi connectivity index (χ0v) is 12.2. The van der Waals surface area contributed by atoms with Crippen molar-refractivity contribution in [3.8, 4) is 0 Å². The molecule has 1 unspecified atom stereocenters. The van der Waals surface area contributed by atoms with Crippen LogP contribution in [0.2, 0.25) is 0 Å². The summed E-state index contributed by atoms with van der Waals surface area (Å²) >= 11 is 6.43. The van der Waals surface area contributed by atoms with E-state index in [-0.39, 0.29) is 0 Å². The second-order valence-electron chi connectivity index (χ2n) is 5.03. The van der Waals surface area contributed by atoms with Crippen molar-refractivity contribution in [3.05, 3.63) is 34.5 Å². The van der Waals surface area contributed by atoms with Crippen molar-refractivity contribution in [2.24, 2.45) is 5.92 Å². The third kappa shape index (κ3) is 1.90. The third-order valence-electron chi connectivity index (χ3n) is 4.13. The van der Waals surface area contributed by atoms with E-state index < -0.39 is 0 Å². The summed E-state index contributed by atoms with van der Waals surface area (Å²) in [5, 5.41) is 9.54. The molecule has 1 aromatic carbocycles. The van der Waals surface area contributed by atoms with Gasteiger partial charge in [-0.25, -0.2) is 0 Å². The van der Waals surface area contributed by atoms with E-state index in [1.165, 1.54) is 34.9 Å².